The Kier molecular flexibility index (Phi) is 4.98. The molecule has 26 heavy (non-hydrogen) atoms. The number of pyridine rings is 1. The summed E-state index contributed by atoms with van der Waals surface area (Å²) in [6.07, 6.45) is 1.67. The third kappa shape index (κ3) is 3.57. The number of aryl methyl sites for hydroxylation is 2. The number of ether oxygens (including phenoxy) is 1. The van der Waals surface area contributed by atoms with Gasteiger partial charge in [0.1, 0.15) is 10.6 Å². The van der Waals surface area contributed by atoms with Gasteiger partial charge in [-0.3, -0.25) is 4.98 Å². The average Bonchev–Trinajstić information content (AvgIpc) is 2.60. The summed E-state index contributed by atoms with van der Waals surface area (Å²) >= 11 is 0. The smallest absolute Gasteiger partial charge is 0.243 e. The molecule has 6 heteroatoms. The minimum absolute atomic E-state index is 0.175. The highest BCUT2D eigenvalue weighted by atomic mass is 32.2. The van der Waals surface area contributed by atoms with Crippen LogP contribution in [-0.2, 0) is 10.0 Å². The third-order valence-electron chi connectivity index (χ3n) is 4.28. The van der Waals surface area contributed by atoms with E-state index in [2.05, 4.69) is 9.71 Å². The number of para-hydroxylation sites is 1. The van der Waals surface area contributed by atoms with Gasteiger partial charge in [-0.05, 0) is 44.5 Å². The van der Waals surface area contributed by atoms with E-state index in [-0.39, 0.29) is 4.90 Å². The lowest BCUT2D eigenvalue weighted by molar-refractivity contribution is 0.405. The Morgan fingerprint density at radius 1 is 1.08 bits per heavy atom. The summed E-state index contributed by atoms with van der Waals surface area (Å²) in [5.74, 6) is 0.650. The van der Waals surface area contributed by atoms with E-state index in [1.54, 1.807) is 32.4 Å². The molecule has 5 nitrogen and oxygen atoms in total. The van der Waals surface area contributed by atoms with Crippen molar-refractivity contribution in [3.8, 4) is 5.75 Å². The molecule has 0 radical (unpaired) electrons. The first-order chi connectivity index (χ1) is 12.3. The molecule has 1 aromatic heterocycles. The van der Waals surface area contributed by atoms with E-state index < -0.39 is 16.1 Å². The number of rotatable bonds is 5. The van der Waals surface area contributed by atoms with Crippen molar-refractivity contribution in [2.75, 3.05) is 7.11 Å². The number of fused-ring (bicyclic) bond motifs is 1. The van der Waals surface area contributed by atoms with Gasteiger partial charge >= 0.3 is 0 Å². The van der Waals surface area contributed by atoms with Crippen LogP contribution in [0.2, 0.25) is 0 Å². The summed E-state index contributed by atoms with van der Waals surface area (Å²) in [7, 11) is -2.18. The molecule has 3 aromatic rings. The van der Waals surface area contributed by atoms with E-state index in [1.165, 1.54) is 0 Å². The average molecular weight is 370 g/mol. The van der Waals surface area contributed by atoms with Crippen LogP contribution in [0.25, 0.3) is 10.9 Å². The van der Waals surface area contributed by atoms with Gasteiger partial charge in [0.25, 0.3) is 0 Å². The maximum absolute atomic E-state index is 13.0. The van der Waals surface area contributed by atoms with Gasteiger partial charge in [0.05, 0.1) is 12.6 Å². The zero-order valence-corrected chi connectivity index (χ0v) is 16.1. The largest absolute Gasteiger partial charge is 0.496 e. The fourth-order valence-corrected chi connectivity index (χ4v) is 4.41. The van der Waals surface area contributed by atoms with Crippen molar-refractivity contribution < 1.29 is 13.2 Å². The number of methoxy groups -OCH3 is 1. The number of benzene rings is 2. The number of nitrogens with zero attached hydrogens (tertiary/aromatic N) is 1. The predicted octanol–water partition coefficient (Wildman–Crippen LogP) is 3.90. The van der Waals surface area contributed by atoms with Gasteiger partial charge in [-0.1, -0.05) is 29.8 Å². The normalized spacial score (nSPS) is 12.9. The summed E-state index contributed by atoms with van der Waals surface area (Å²) in [6, 6.07) is 12.4. The minimum atomic E-state index is -3.75. The number of sulfonamides is 1. The molecular formula is C20H22N2O3S. The highest BCUT2D eigenvalue weighted by molar-refractivity contribution is 7.89. The molecule has 0 saturated carbocycles. The quantitative estimate of drug-likeness (QED) is 0.740. The highest BCUT2D eigenvalue weighted by Crippen LogP contribution is 2.28. The molecule has 136 valence electrons. The summed E-state index contributed by atoms with van der Waals surface area (Å²) < 4.78 is 34.1. The molecule has 0 spiro atoms. The number of hydrogen-bond acceptors (Lipinski definition) is 4. The lowest BCUT2D eigenvalue weighted by Gasteiger charge is -2.18. The van der Waals surface area contributed by atoms with E-state index in [1.807, 2.05) is 44.2 Å². The zero-order valence-electron chi connectivity index (χ0n) is 15.3. The molecule has 0 aliphatic carbocycles. The van der Waals surface area contributed by atoms with Crippen LogP contribution in [0.15, 0.2) is 53.6 Å². The molecule has 1 N–H and O–H groups in total. The van der Waals surface area contributed by atoms with Crippen molar-refractivity contribution in [1.29, 1.82) is 0 Å². The van der Waals surface area contributed by atoms with Crippen LogP contribution in [0.3, 0.4) is 0 Å². The molecule has 0 bridgehead atoms. The Hall–Kier alpha value is -2.44. The van der Waals surface area contributed by atoms with Crippen molar-refractivity contribution in [2.45, 2.75) is 31.7 Å². The maximum Gasteiger partial charge on any atom is 0.243 e. The van der Waals surface area contributed by atoms with Crippen LogP contribution in [0.1, 0.15) is 29.7 Å². The van der Waals surface area contributed by atoms with Gasteiger partial charge in [0.15, 0.2) is 0 Å². The van der Waals surface area contributed by atoms with Crippen molar-refractivity contribution in [1.82, 2.24) is 9.71 Å². The van der Waals surface area contributed by atoms with Gasteiger partial charge in [-0.2, -0.15) is 0 Å². The van der Waals surface area contributed by atoms with Crippen molar-refractivity contribution in [3.05, 3.63) is 65.4 Å². The summed E-state index contributed by atoms with van der Waals surface area (Å²) in [5.41, 5.74) is 3.28. The van der Waals surface area contributed by atoms with Crippen molar-refractivity contribution in [2.24, 2.45) is 0 Å². The third-order valence-corrected chi connectivity index (χ3v) is 5.86. The molecule has 0 aliphatic heterocycles. The van der Waals surface area contributed by atoms with Crippen LogP contribution in [0.5, 0.6) is 5.75 Å². The molecule has 1 heterocycles. The van der Waals surface area contributed by atoms with Gasteiger partial charge in [-0.15, -0.1) is 0 Å². The van der Waals surface area contributed by atoms with Crippen molar-refractivity contribution >= 4 is 20.9 Å². The van der Waals surface area contributed by atoms with E-state index in [0.29, 0.717) is 11.3 Å². The number of hydrogen-bond donors (Lipinski definition) is 1. The van der Waals surface area contributed by atoms with Gasteiger partial charge < -0.3 is 4.74 Å². The second-order valence-electron chi connectivity index (χ2n) is 6.43. The second kappa shape index (κ2) is 7.05. The molecule has 3 rings (SSSR count). The summed E-state index contributed by atoms with van der Waals surface area (Å²) in [5, 5.41) is 0.800. The topological polar surface area (TPSA) is 68.3 Å². The van der Waals surface area contributed by atoms with Crippen molar-refractivity contribution in [3.63, 3.8) is 0 Å². The Balaban J connectivity index is 2.01. The zero-order chi connectivity index (χ0) is 18.9. The highest BCUT2D eigenvalue weighted by Gasteiger charge is 2.23. The molecule has 2 aromatic carbocycles. The lowest BCUT2D eigenvalue weighted by Crippen LogP contribution is -2.27. The summed E-state index contributed by atoms with van der Waals surface area (Å²) in [6.45, 7) is 5.69. The number of aromatic nitrogens is 1. The molecule has 0 aliphatic rings. The Morgan fingerprint density at radius 2 is 1.85 bits per heavy atom. The van der Waals surface area contributed by atoms with E-state index in [0.717, 1.165) is 22.1 Å². The SMILES string of the molecule is COc1ccc(C)cc1[C@@H](C)NS(=O)(=O)c1cccc2cc(C)cnc12. The Bertz CT molecular complexity index is 1060. The second-order valence-corrected chi connectivity index (χ2v) is 8.11. The molecule has 1 atom stereocenters. The summed E-state index contributed by atoms with van der Waals surface area (Å²) in [4.78, 5) is 4.51. The monoisotopic (exact) mass is 370 g/mol. The van der Waals surface area contributed by atoms with Crippen LogP contribution in [0, 0.1) is 13.8 Å². The van der Waals surface area contributed by atoms with E-state index >= 15 is 0 Å². The standard InChI is InChI=1S/C20H22N2O3S/c1-13-8-9-18(25-4)17(11-13)15(3)22-26(23,24)19-7-5-6-16-10-14(2)12-21-20(16)19/h5-12,15,22H,1-4H3/t15-/m1/s1. The lowest BCUT2D eigenvalue weighted by atomic mass is 10.1. The molecule has 0 unspecified atom stereocenters. The molecule has 0 amide bonds. The molecular weight excluding hydrogens is 348 g/mol. The maximum atomic E-state index is 13.0. The predicted molar refractivity (Wildman–Crippen MR) is 103 cm³/mol. The first-order valence-electron chi connectivity index (χ1n) is 8.34. The fourth-order valence-electron chi connectivity index (χ4n) is 3.01. The van der Waals surface area contributed by atoms with E-state index in [9.17, 15) is 8.42 Å². The van der Waals surface area contributed by atoms with Crippen LogP contribution >= 0.6 is 0 Å². The Labute approximate surface area is 154 Å². The first kappa shape index (κ1) is 18.4. The van der Waals surface area contributed by atoms with Crippen LogP contribution in [-0.4, -0.2) is 20.5 Å². The van der Waals surface area contributed by atoms with Crippen LogP contribution < -0.4 is 9.46 Å². The van der Waals surface area contributed by atoms with Gasteiger partial charge in [0.2, 0.25) is 10.0 Å². The molecule has 0 saturated heterocycles. The molecule has 0 fully saturated rings. The van der Waals surface area contributed by atoms with Gasteiger partial charge in [-0.25, -0.2) is 13.1 Å². The van der Waals surface area contributed by atoms with Crippen LogP contribution in [0.4, 0.5) is 0 Å². The first-order valence-corrected chi connectivity index (χ1v) is 9.82. The van der Waals surface area contributed by atoms with Gasteiger partial charge in [0, 0.05) is 23.2 Å². The number of nitrogens with one attached hydrogen (secondary N) is 1. The minimum Gasteiger partial charge on any atom is -0.496 e. The Morgan fingerprint density at radius 3 is 2.58 bits per heavy atom. The fraction of sp³-hybridized carbons (Fsp3) is 0.250. The van der Waals surface area contributed by atoms with E-state index in [4.69, 9.17) is 4.74 Å².